The van der Waals surface area contributed by atoms with Gasteiger partial charge in [0.05, 0.1) is 0 Å². The van der Waals surface area contributed by atoms with Gasteiger partial charge in [-0.3, -0.25) is 0 Å². The van der Waals surface area contributed by atoms with Crippen LogP contribution < -0.4 is 5.32 Å². The molecule has 2 heterocycles. The van der Waals surface area contributed by atoms with Crippen LogP contribution in [0.1, 0.15) is 26.2 Å². The molecule has 2 fully saturated rings. The van der Waals surface area contributed by atoms with Gasteiger partial charge in [0.25, 0.3) is 0 Å². The highest BCUT2D eigenvalue weighted by atomic mass is 32.2. The Morgan fingerprint density at radius 3 is 2.75 bits per heavy atom. The standard InChI is InChI=1S/C13H26N2S/c1-2-15(10-13-5-7-16-11-13)9-12-4-3-6-14-8-12/h12-14H,2-11H2,1H3. The molecule has 0 aromatic heterocycles. The molecule has 0 radical (unpaired) electrons. The molecule has 2 aliphatic heterocycles. The van der Waals surface area contributed by atoms with Crippen LogP contribution in [0.4, 0.5) is 0 Å². The molecule has 0 aliphatic carbocycles. The summed E-state index contributed by atoms with van der Waals surface area (Å²) in [4.78, 5) is 2.69. The monoisotopic (exact) mass is 242 g/mol. The second-order valence-corrected chi connectivity index (χ2v) is 6.44. The molecule has 0 bridgehead atoms. The topological polar surface area (TPSA) is 15.3 Å². The molecule has 0 amide bonds. The van der Waals surface area contributed by atoms with Crippen LogP contribution >= 0.6 is 11.8 Å². The smallest absolute Gasteiger partial charge is 0.00218 e. The van der Waals surface area contributed by atoms with Gasteiger partial charge in [-0.05, 0) is 62.2 Å². The number of piperidine rings is 1. The fourth-order valence-electron chi connectivity index (χ4n) is 2.87. The van der Waals surface area contributed by atoms with Crippen molar-refractivity contribution in [1.29, 1.82) is 0 Å². The van der Waals surface area contributed by atoms with Gasteiger partial charge in [0.2, 0.25) is 0 Å². The predicted octanol–water partition coefficient (Wildman–Crippen LogP) is 2.06. The molecule has 0 saturated carbocycles. The van der Waals surface area contributed by atoms with Crippen molar-refractivity contribution in [2.45, 2.75) is 26.2 Å². The number of nitrogens with zero attached hydrogens (tertiary/aromatic N) is 1. The molecule has 2 saturated heterocycles. The van der Waals surface area contributed by atoms with Crippen molar-refractivity contribution < 1.29 is 0 Å². The van der Waals surface area contributed by atoms with E-state index in [0.29, 0.717) is 0 Å². The summed E-state index contributed by atoms with van der Waals surface area (Å²) in [5.74, 6) is 4.68. The van der Waals surface area contributed by atoms with E-state index in [1.54, 1.807) is 0 Å². The van der Waals surface area contributed by atoms with Gasteiger partial charge >= 0.3 is 0 Å². The van der Waals surface area contributed by atoms with Gasteiger partial charge in [-0.15, -0.1) is 0 Å². The van der Waals surface area contributed by atoms with Crippen LogP contribution in [0, 0.1) is 11.8 Å². The number of nitrogens with one attached hydrogen (secondary N) is 1. The molecule has 3 heteroatoms. The molecule has 2 unspecified atom stereocenters. The third-order valence-corrected chi connectivity index (χ3v) is 5.13. The summed E-state index contributed by atoms with van der Waals surface area (Å²) in [7, 11) is 0. The maximum Gasteiger partial charge on any atom is 0.00218 e. The molecule has 2 rings (SSSR count). The lowest BCUT2D eigenvalue weighted by molar-refractivity contribution is 0.195. The highest BCUT2D eigenvalue weighted by molar-refractivity contribution is 7.99. The minimum Gasteiger partial charge on any atom is -0.316 e. The molecule has 1 N–H and O–H groups in total. The van der Waals surface area contributed by atoms with Gasteiger partial charge in [0.15, 0.2) is 0 Å². The predicted molar refractivity (Wildman–Crippen MR) is 73.1 cm³/mol. The minimum absolute atomic E-state index is 0.905. The maximum absolute atomic E-state index is 3.53. The highest BCUT2D eigenvalue weighted by Gasteiger charge is 2.21. The molecule has 0 aromatic rings. The molecule has 16 heavy (non-hydrogen) atoms. The number of rotatable bonds is 5. The van der Waals surface area contributed by atoms with Crippen molar-refractivity contribution in [3.05, 3.63) is 0 Å². The van der Waals surface area contributed by atoms with Crippen LogP contribution in [0.5, 0.6) is 0 Å². The minimum atomic E-state index is 0.905. The summed E-state index contributed by atoms with van der Waals surface area (Å²) >= 11 is 2.14. The fraction of sp³-hybridized carbons (Fsp3) is 1.00. The summed E-state index contributed by atoms with van der Waals surface area (Å²) in [5.41, 5.74) is 0. The lowest BCUT2D eigenvalue weighted by atomic mass is 9.98. The Balaban J connectivity index is 1.70. The van der Waals surface area contributed by atoms with Gasteiger partial charge in [-0.1, -0.05) is 6.92 Å². The average Bonchev–Trinajstić information content (AvgIpc) is 2.82. The second kappa shape index (κ2) is 6.87. The Morgan fingerprint density at radius 2 is 2.12 bits per heavy atom. The van der Waals surface area contributed by atoms with E-state index >= 15 is 0 Å². The lowest BCUT2D eigenvalue weighted by Crippen LogP contribution is -2.40. The van der Waals surface area contributed by atoms with Gasteiger partial charge in [-0.2, -0.15) is 11.8 Å². The van der Waals surface area contributed by atoms with Crippen molar-refractivity contribution >= 4 is 11.8 Å². The van der Waals surface area contributed by atoms with E-state index in [4.69, 9.17) is 0 Å². The van der Waals surface area contributed by atoms with Crippen LogP contribution in [0.15, 0.2) is 0 Å². The zero-order chi connectivity index (χ0) is 11.2. The number of hydrogen-bond donors (Lipinski definition) is 1. The maximum atomic E-state index is 3.53. The quantitative estimate of drug-likeness (QED) is 0.794. The summed E-state index contributed by atoms with van der Waals surface area (Å²) in [5, 5.41) is 3.53. The van der Waals surface area contributed by atoms with Gasteiger partial charge in [-0.25, -0.2) is 0 Å². The van der Waals surface area contributed by atoms with Crippen LogP contribution in [-0.4, -0.2) is 49.1 Å². The van der Waals surface area contributed by atoms with Crippen LogP contribution in [0.2, 0.25) is 0 Å². The third kappa shape index (κ3) is 3.94. The molecular weight excluding hydrogens is 216 g/mol. The van der Waals surface area contributed by atoms with Crippen LogP contribution in [0.25, 0.3) is 0 Å². The Hall–Kier alpha value is 0.270. The second-order valence-electron chi connectivity index (χ2n) is 5.29. The zero-order valence-electron chi connectivity index (χ0n) is 10.6. The highest BCUT2D eigenvalue weighted by Crippen LogP contribution is 2.24. The van der Waals surface area contributed by atoms with Gasteiger partial charge < -0.3 is 10.2 Å². The van der Waals surface area contributed by atoms with Crippen LogP contribution in [-0.2, 0) is 0 Å². The van der Waals surface area contributed by atoms with E-state index < -0.39 is 0 Å². The largest absolute Gasteiger partial charge is 0.316 e. The number of hydrogen-bond acceptors (Lipinski definition) is 3. The van der Waals surface area contributed by atoms with E-state index in [2.05, 4.69) is 28.9 Å². The molecule has 0 spiro atoms. The third-order valence-electron chi connectivity index (χ3n) is 3.90. The first-order chi connectivity index (χ1) is 7.88. The van der Waals surface area contributed by atoms with Crippen molar-refractivity contribution in [3.8, 4) is 0 Å². The normalized spacial score (nSPS) is 31.1. The summed E-state index contributed by atoms with van der Waals surface area (Å²) in [6, 6.07) is 0. The van der Waals surface area contributed by atoms with E-state index in [0.717, 1.165) is 11.8 Å². The summed E-state index contributed by atoms with van der Waals surface area (Å²) < 4.78 is 0. The van der Waals surface area contributed by atoms with Gasteiger partial charge in [0, 0.05) is 13.1 Å². The average molecular weight is 242 g/mol. The Kier molecular flexibility index (Phi) is 5.46. The van der Waals surface area contributed by atoms with E-state index in [1.165, 1.54) is 63.5 Å². The van der Waals surface area contributed by atoms with Gasteiger partial charge in [0.1, 0.15) is 0 Å². The van der Waals surface area contributed by atoms with Crippen molar-refractivity contribution in [2.24, 2.45) is 11.8 Å². The summed E-state index contributed by atoms with van der Waals surface area (Å²) in [6.45, 7) is 8.71. The van der Waals surface area contributed by atoms with Crippen molar-refractivity contribution in [1.82, 2.24) is 10.2 Å². The molecular formula is C13H26N2S. The SMILES string of the molecule is CCN(CC1CCCNC1)CC1CCSC1. The molecule has 2 aliphatic rings. The molecule has 2 atom stereocenters. The van der Waals surface area contributed by atoms with Crippen LogP contribution in [0.3, 0.4) is 0 Å². The van der Waals surface area contributed by atoms with Crippen molar-refractivity contribution in [3.63, 3.8) is 0 Å². The first kappa shape index (κ1) is 12.7. The zero-order valence-corrected chi connectivity index (χ0v) is 11.4. The molecule has 2 nitrogen and oxygen atoms in total. The molecule has 94 valence electrons. The fourth-order valence-corrected chi connectivity index (χ4v) is 4.14. The first-order valence-electron chi connectivity index (χ1n) is 6.89. The molecule has 0 aromatic carbocycles. The Morgan fingerprint density at radius 1 is 1.25 bits per heavy atom. The number of thioether (sulfide) groups is 1. The van der Waals surface area contributed by atoms with E-state index in [1.807, 2.05) is 0 Å². The Bertz CT molecular complexity index is 186. The van der Waals surface area contributed by atoms with E-state index in [-0.39, 0.29) is 0 Å². The lowest BCUT2D eigenvalue weighted by Gasteiger charge is -2.30. The van der Waals surface area contributed by atoms with Crippen molar-refractivity contribution in [2.75, 3.05) is 44.2 Å². The van der Waals surface area contributed by atoms with E-state index in [9.17, 15) is 0 Å². The first-order valence-corrected chi connectivity index (χ1v) is 8.04. The Labute approximate surface area is 105 Å². The summed E-state index contributed by atoms with van der Waals surface area (Å²) in [6.07, 6.45) is 4.26.